The minimum atomic E-state index is -0.397. The number of cyclic esters (lactones) is 1. The summed E-state index contributed by atoms with van der Waals surface area (Å²) in [5.41, 5.74) is 2.87. The van der Waals surface area contributed by atoms with Gasteiger partial charge in [0.05, 0.1) is 6.54 Å². The summed E-state index contributed by atoms with van der Waals surface area (Å²) >= 11 is 0. The molecule has 0 atom stereocenters. The van der Waals surface area contributed by atoms with Crippen molar-refractivity contribution in [1.29, 1.82) is 0 Å². The molecule has 0 unspecified atom stereocenters. The van der Waals surface area contributed by atoms with Gasteiger partial charge in [-0.25, -0.2) is 4.79 Å². The zero-order valence-electron chi connectivity index (χ0n) is 15.9. The first-order valence-corrected chi connectivity index (χ1v) is 9.29. The summed E-state index contributed by atoms with van der Waals surface area (Å²) in [6.45, 7) is 2.84. The molecule has 1 heterocycles. The van der Waals surface area contributed by atoms with Crippen LogP contribution in [-0.2, 0) is 4.74 Å². The second-order valence-electron chi connectivity index (χ2n) is 6.71. The molecule has 29 heavy (non-hydrogen) atoms. The van der Waals surface area contributed by atoms with Crippen molar-refractivity contribution in [3.05, 3.63) is 83.9 Å². The molecule has 1 fully saturated rings. The van der Waals surface area contributed by atoms with Crippen LogP contribution in [0.4, 0.5) is 16.2 Å². The van der Waals surface area contributed by atoms with Gasteiger partial charge >= 0.3 is 6.09 Å². The number of amides is 2. The quantitative estimate of drug-likeness (QED) is 0.668. The number of carbonyl (C=O) groups excluding carboxylic acids is 2. The van der Waals surface area contributed by atoms with Gasteiger partial charge < -0.3 is 14.8 Å². The molecule has 3 aromatic rings. The highest BCUT2D eigenvalue weighted by molar-refractivity contribution is 6.05. The highest BCUT2D eigenvalue weighted by Gasteiger charge is 2.24. The van der Waals surface area contributed by atoms with Crippen molar-refractivity contribution in [1.82, 2.24) is 0 Å². The Bertz CT molecular complexity index is 1050. The molecule has 0 aromatic heterocycles. The van der Waals surface area contributed by atoms with Crippen molar-refractivity contribution in [2.45, 2.75) is 6.92 Å². The Morgan fingerprint density at radius 2 is 1.79 bits per heavy atom. The summed E-state index contributed by atoms with van der Waals surface area (Å²) in [5.74, 6) is 1.19. The number of hydrogen-bond donors (Lipinski definition) is 1. The van der Waals surface area contributed by atoms with Crippen LogP contribution in [0.3, 0.4) is 0 Å². The lowest BCUT2D eigenvalue weighted by atomic mass is 10.1. The van der Waals surface area contributed by atoms with Crippen molar-refractivity contribution >= 4 is 23.4 Å². The summed E-state index contributed by atoms with van der Waals surface area (Å²) in [6, 6.07) is 21.9. The molecule has 146 valence electrons. The summed E-state index contributed by atoms with van der Waals surface area (Å²) < 4.78 is 10.8. The van der Waals surface area contributed by atoms with Crippen LogP contribution in [0.5, 0.6) is 11.5 Å². The van der Waals surface area contributed by atoms with E-state index in [4.69, 9.17) is 9.47 Å². The van der Waals surface area contributed by atoms with Crippen LogP contribution in [0.15, 0.2) is 72.8 Å². The molecule has 2 amide bonds. The van der Waals surface area contributed by atoms with Gasteiger partial charge in [0.15, 0.2) is 0 Å². The molecule has 6 heteroatoms. The molecule has 0 bridgehead atoms. The molecule has 0 aliphatic carbocycles. The minimum Gasteiger partial charge on any atom is -0.457 e. The third-order valence-corrected chi connectivity index (χ3v) is 4.52. The fourth-order valence-electron chi connectivity index (χ4n) is 3.07. The Morgan fingerprint density at radius 3 is 2.52 bits per heavy atom. The van der Waals surface area contributed by atoms with Crippen LogP contribution >= 0.6 is 0 Å². The Balaban J connectivity index is 1.43. The average molecular weight is 388 g/mol. The lowest BCUT2D eigenvalue weighted by Crippen LogP contribution is -2.23. The van der Waals surface area contributed by atoms with Crippen molar-refractivity contribution < 1.29 is 19.1 Å². The van der Waals surface area contributed by atoms with Crippen LogP contribution in [-0.4, -0.2) is 25.2 Å². The second kappa shape index (κ2) is 8.06. The smallest absolute Gasteiger partial charge is 0.414 e. The van der Waals surface area contributed by atoms with Gasteiger partial charge in [0.1, 0.15) is 18.1 Å². The number of hydrogen-bond acceptors (Lipinski definition) is 4. The van der Waals surface area contributed by atoms with Crippen LogP contribution in [0.25, 0.3) is 0 Å². The summed E-state index contributed by atoms with van der Waals surface area (Å²) in [7, 11) is 0. The molecule has 0 saturated carbocycles. The van der Waals surface area contributed by atoms with E-state index in [2.05, 4.69) is 5.32 Å². The van der Waals surface area contributed by atoms with E-state index >= 15 is 0 Å². The maximum atomic E-state index is 12.6. The molecule has 4 rings (SSSR count). The number of rotatable bonds is 5. The first-order chi connectivity index (χ1) is 14.1. The monoisotopic (exact) mass is 388 g/mol. The van der Waals surface area contributed by atoms with E-state index in [1.807, 2.05) is 31.2 Å². The minimum absolute atomic E-state index is 0.258. The van der Waals surface area contributed by atoms with E-state index < -0.39 is 6.09 Å². The van der Waals surface area contributed by atoms with Gasteiger partial charge in [-0.3, -0.25) is 9.69 Å². The molecule has 1 N–H and O–H groups in total. The molecule has 1 saturated heterocycles. The fraction of sp³-hybridized carbons (Fsp3) is 0.130. The predicted octanol–water partition coefficient (Wildman–Crippen LogP) is 5.00. The summed E-state index contributed by atoms with van der Waals surface area (Å²) in [4.78, 5) is 25.8. The molecule has 0 spiro atoms. The van der Waals surface area contributed by atoms with Crippen molar-refractivity contribution in [3.63, 3.8) is 0 Å². The Hall–Kier alpha value is -3.80. The van der Waals surface area contributed by atoms with E-state index in [0.717, 1.165) is 11.3 Å². The zero-order chi connectivity index (χ0) is 20.2. The third kappa shape index (κ3) is 4.38. The number of anilines is 2. The predicted molar refractivity (Wildman–Crippen MR) is 111 cm³/mol. The average Bonchev–Trinajstić information content (AvgIpc) is 3.15. The van der Waals surface area contributed by atoms with E-state index in [9.17, 15) is 9.59 Å². The van der Waals surface area contributed by atoms with Gasteiger partial charge in [0.2, 0.25) is 0 Å². The maximum Gasteiger partial charge on any atom is 0.414 e. The molecule has 1 aliphatic heterocycles. The SMILES string of the molecule is Cc1cccc(Oc2ccc(NC(=O)c3cccc(N4CCOC4=O)c3)cc2)c1. The summed E-state index contributed by atoms with van der Waals surface area (Å²) in [6.07, 6.45) is -0.397. The standard InChI is InChI=1S/C23H20N2O4/c1-16-4-2-7-21(14-16)29-20-10-8-18(9-11-20)24-22(26)17-5-3-6-19(15-17)25-12-13-28-23(25)27/h2-11,14-15H,12-13H2,1H3,(H,24,26). The van der Waals surface area contributed by atoms with Crippen LogP contribution < -0.4 is 15.0 Å². The van der Waals surface area contributed by atoms with Crippen LogP contribution in [0, 0.1) is 6.92 Å². The van der Waals surface area contributed by atoms with Gasteiger partial charge in [-0.1, -0.05) is 18.2 Å². The molecular formula is C23H20N2O4. The molecule has 6 nitrogen and oxygen atoms in total. The van der Waals surface area contributed by atoms with Crippen LogP contribution in [0.2, 0.25) is 0 Å². The lowest BCUT2D eigenvalue weighted by Gasteiger charge is -2.14. The van der Waals surface area contributed by atoms with Gasteiger partial charge in [0, 0.05) is 16.9 Å². The normalized spacial score (nSPS) is 13.1. The number of nitrogens with zero attached hydrogens (tertiary/aromatic N) is 1. The van der Waals surface area contributed by atoms with E-state index in [-0.39, 0.29) is 5.91 Å². The maximum absolute atomic E-state index is 12.6. The van der Waals surface area contributed by atoms with Gasteiger partial charge in [-0.05, 0) is 67.1 Å². The largest absolute Gasteiger partial charge is 0.457 e. The lowest BCUT2D eigenvalue weighted by molar-refractivity contribution is 0.102. The fourth-order valence-corrected chi connectivity index (χ4v) is 3.07. The molecule has 3 aromatic carbocycles. The number of ether oxygens (including phenoxy) is 2. The van der Waals surface area contributed by atoms with Gasteiger partial charge in [-0.2, -0.15) is 0 Å². The van der Waals surface area contributed by atoms with Gasteiger partial charge in [-0.15, -0.1) is 0 Å². The van der Waals surface area contributed by atoms with Crippen LogP contribution in [0.1, 0.15) is 15.9 Å². The summed E-state index contributed by atoms with van der Waals surface area (Å²) in [5, 5.41) is 2.86. The Labute approximate surface area is 168 Å². The Kier molecular flexibility index (Phi) is 5.16. The van der Waals surface area contributed by atoms with Crippen molar-refractivity contribution in [2.24, 2.45) is 0 Å². The highest BCUT2D eigenvalue weighted by Crippen LogP contribution is 2.24. The number of carbonyl (C=O) groups is 2. The Morgan fingerprint density at radius 1 is 1.00 bits per heavy atom. The topological polar surface area (TPSA) is 67.9 Å². The zero-order valence-corrected chi connectivity index (χ0v) is 15.9. The van der Waals surface area contributed by atoms with E-state index in [0.29, 0.717) is 35.8 Å². The number of nitrogens with one attached hydrogen (secondary N) is 1. The highest BCUT2D eigenvalue weighted by atomic mass is 16.6. The number of aryl methyl sites for hydroxylation is 1. The first kappa shape index (κ1) is 18.6. The number of benzene rings is 3. The van der Waals surface area contributed by atoms with E-state index in [1.165, 1.54) is 4.90 Å². The van der Waals surface area contributed by atoms with Crippen molar-refractivity contribution in [3.8, 4) is 11.5 Å². The second-order valence-corrected chi connectivity index (χ2v) is 6.71. The third-order valence-electron chi connectivity index (χ3n) is 4.52. The van der Waals surface area contributed by atoms with Gasteiger partial charge in [0.25, 0.3) is 5.91 Å². The molecular weight excluding hydrogens is 368 g/mol. The molecule has 0 radical (unpaired) electrons. The molecule has 1 aliphatic rings. The van der Waals surface area contributed by atoms with Crippen molar-refractivity contribution in [2.75, 3.05) is 23.4 Å². The first-order valence-electron chi connectivity index (χ1n) is 9.29. The van der Waals surface area contributed by atoms with E-state index in [1.54, 1.807) is 48.5 Å².